The first-order valence-corrected chi connectivity index (χ1v) is 12.9. The topological polar surface area (TPSA) is 65.9 Å². The van der Waals surface area contributed by atoms with Crippen LogP contribution in [0, 0.1) is 0 Å². The van der Waals surface area contributed by atoms with Crippen LogP contribution in [0.5, 0.6) is 0 Å². The van der Waals surface area contributed by atoms with Crippen LogP contribution in [-0.4, -0.2) is 75.8 Å². The molecule has 2 saturated heterocycles. The number of hydrogen-bond donors (Lipinski definition) is 0. The molecule has 6 rings (SSSR count). The van der Waals surface area contributed by atoms with Gasteiger partial charge in [0.2, 0.25) is 5.91 Å². The number of benzene rings is 3. The van der Waals surface area contributed by atoms with E-state index in [0.717, 1.165) is 23.0 Å². The molecule has 2 fully saturated rings. The average molecular weight is 547 g/mol. The highest BCUT2D eigenvalue weighted by Gasteiger charge is 2.39. The number of imide groups is 1. The Morgan fingerprint density at radius 2 is 1.52 bits per heavy atom. The smallest absolute Gasteiger partial charge is 0.335 e. The van der Waals surface area contributed by atoms with Crippen LogP contribution in [0.1, 0.15) is 26.3 Å². The number of nitrogens with zero attached hydrogens (tertiary/aromatic N) is 4. The van der Waals surface area contributed by atoms with Gasteiger partial charge in [-0.1, -0.05) is 18.2 Å². The first kappa shape index (κ1) is 25.8. The minimum atomic E-state index is -4.40. The van der Waals surface area contributed by atoms with E-state index < -0.39 is 11.7 Å². The van der Waals surface area contributed by atoms with Crippen molar-refractivity contribution in [3.63, 3.8) is 0 Å². The molecule has 2 aliphatic rings. The van der Waals surface area contributed by atoms with Crippen molar-refractivity contribution < 1.29 is 27.6 Å². The van der Waals surface area contributed by atoms with Crippen LogP contribution in [0.15, 0.2) is 85.1 Å². The monoisotopic (exact) mass is 546 g/mol. The fourth-order valence-electron chi connectivity index (χ4n) is 5.30. The van der Waals surface area contributed by atoms with Gasteiger partial charge in [-0.3, -0.25) is 24.2 Å². The third-order valence-corrected chi connectivity index (χ3v) is 7.59. The second-order valence-corrected chi connectivity index (χ2v) is 10.1. The van der Waals surface area contributed by atoms with Crippen molar-refractivity contribution in [2.75, 3.05) is 32.7 Å². The number of rotatable bonds is 4. The molecular weight excluding hydrogens is 521 g/mol. The van der Waals surface area contributed by atoms with E-state index in [0.29, 0.717) is 43.0 Å². The van der Waals surface area contributed by atoms with Gasteiger partial charge in [-0.25, -0.2) is 0 Å². The van der Waals surface area contributed by atoms with Crippen LogP contribution >= 0.6 is 0 Å². The summed E-state index contributed by atoms with van der Waals surface area (Å²) < 4.78 is 40.5. The maximum Gasteiger partial charge on any atom is 0.416 e. The Balaban J connectivity index is 1.07. The van der Waals surface area contributed by atoms with Gasteiger partial charge in [0, 0.05) is 60.6 Å². The molecule has 0 saturated carbocycles. The minimum Gasteiger partial charge on any atom is -0.335 e. The van der Waals surface area contributed by atoms with Crippen molar-refractivity contribution in [3.05, 3.63) is 102 Å². The quantitative estimate of drug-likeness (QED) is 0.355. The van der Waals surface area contributed by atoms with E-state index in [1.54, 1.807) is 58.1 Å². The molecule has 3 heterocycles. The van der Waals surface area contributed by atoms with E-state index in [1.807, 2.05) is 17.0 Å². The third kappa shape index (κ3) is 4.75. The standard InChI is InChI=1S/C30H25F3N4O3/c31-30(32,33)23-7-9-24(10-8-23)36-13-12-21-16-22(6-11-26(21)36)28(39)35-17-25(18-35)34-14-15-37(27(38)19-34)29(40)20-4-2-1-3-5-20/h1-13,16,25H,14-15,17-19H2. The highest BCUT2D eigenvalue weighted by atomic mass is 19.4. The molecule has 10 heteroatoms. The van der Waals surface area contributed by atoms with Gasteiger partial charge in [-0.2, -0.15) is 13.2 Å². The number of alkyl halides is 3. The SMILES string of the molecule is O=C(c1ccc2c(ccn2-c2ccc(C(F)(F)F)cc2)c1)N1CC(N2CCN(C(=O)c3ccccc3)C(=O)C2)C1. The first-order chi connectivity index (χ1) is 19.2. The van der Waals surface area contributed by atoms with Crippen LogP contribution in [0.3, 0.4) is 0 Å². The third-order valence-electron chi connectivity index (χ3n) is 7.59. The number of fused-ring (bicyclic) bond motifs is 1. The summed E-state index contributed by atoms with van der Waals surface area (Å²) in [4.78, 5) is 43.6. The lowest BCUT2D eigenvalue weighted by Crippen LogP contribution is -2.65. The molecule has 204 valence electrons. The summed E-state index contributed by atoms with van der Waals surface area (Å²) in [5, 5.41) is 0.799. The summed E-state index contributed by atoms with van der Waals surface area (Å²) in [5.41, 5.74) is 1.66. The summed E-state index contributed by atoms with van der Waals surface area (Å²) in [5.74, 6) is -0.657. The second-order valence-electron chi connectivity index (χ2n) is 10.1. The number of amides is 3. The molecule has 1 aromatic heterocycles. The molecule has 40 heavy (non-hydrogen) atoms. The summed E-state index contributed by atoms with van der Waals surface area (Å²) in [6.45, 7) is 1.98. The van der Waals surface area contributed by atoms with E-state index in [2.05, 4.69) is 0 Å². The zero-order valence-electron chi connectivity index (χ0n) is 21.3. The van der Waals surface area contributed by atoms with Crippen molar-refractivity contribution >= 4 is 28.6 Å². The predicted molar refractivity (Wildman–Crippen MR) is 142 cm³/mol. The highest BCUT2D eigenvalue weighted by molar-refractivity contribution is 6.05. The Labute approximate surface area is 228 Å². The zero-order valence-corrected chi connectivity index (χ0v) is 21.3. The van der Waals surface area contributed by atoms with E-state index in [4.69, 9.17) is 0 Å². The lowest BCUT2D eigenvalue weighted by atomic mass is 10.0. The molecule has 3 aromatic carbocycles. The maximum atomic E-state index is 13.1. The first-order valence-electron chi connectivity index (χ1n) is 12.9. The molecule has 0 unspecified atom stereocenters. The Morgan fingerprint density at radius 1 is 0.800 bits per heavy atom. The lowest BCUT2D eigenvalue weighted by molar-refractivity contribution is -0.137. The fourth-order valence-corrected chi connectivity index (χ4v) is 5.30. The van der Waals surface area contributed by atoms with E-state index in [-0.39, 0.29) is 30.3 Å². The van der Waals surface area contributed by atoms with Gasteiger partial charge in [-0.05, 0) is 60.7 Å². The van der Waals surface area contributed by atoms with Crippen LogP contribution in [0.2, 0.25) is 0 Å². The second kappa shape index (κ2) is 9.95. The molecule has 0 N–H and O–H groups in total. The Hall–Kier alpha value is -4.44. The van der Waals surface area contributed by atoms with Gasteiger partial charge < -0.3 is 9.47 Å². The zero-order chi connectivity index (χ0) is 28.0. The number of carbonyl (C=O) groups excluding carboxylic acids is 3. The van der Waals surface area contributed by atoms with Gasteiger partial charge in [0.1, 0.15) is 0 Å². The largest absolute Gasteiger partial charge is 0.416 e. The lowest BCUT2D eigenvalue weighted by Gasteiger charge is -2.47. The Bertz CT molecular complexity index is 1590. The van der Waals surface area contributed by atoms with E-state index in [1.165, 1.54) is 17.0 Å². The number of likely N-dealkylation sites (tertiary alicyclic amines) is 1. The molecule has 0 aliphatic carbocycles. The van der Waals surface area contributed by atoms with Gasteiger partial charge in [-0.15, -0.1) is 0 Å². The Kier molecular flexibility index (Phi) is 6.42. The van der Waals surface area contributed by atoms with Crippen molar-refractivity contribution in [1.29, 1.82) is 0 Å². The van der Waals surface area contributed by atoms with Crippen molar-refractivity contribution in [2.24, 2.45) is 0 Å². The summed E-state index contributed by atoms with van der Waals surface area (Å²) >= 11 is 0. The van der Waals surface area contributed by atoms with E-state index in [9.17, 15) is 27.6 Å². The van der Waals surface area contributed by atoms with Crippen LogP contribution in [0.25, 0.3) is 16.6 Å². The van der Waals surface area contributed by atoms with Crippen LogP contribution in [-0.2, 0) is 11.0 Å². The van der Waals surface area contributed by atoms with Crippen LogP contribution in [0.4, 0.5) is 13.2 Å². The maximum absolute atomic E-state index is 13.1. The summed E-state index contributed by atoms with van der Waals surface area (Å²) in [6.07, 6.45) is -2.63. The number of carbonyl (C=O) groups is 3. The molecule has 0 atom stereocenters. The van der Waals surface area contributed by atoms with Crippen LogP contribution < -0.4 is 0 Å². The normalized spacial score (nSPS) is 16.8. The Morgan fingerprint density at radius 3 is 2.20 bits per heavy atom. The summed E-state index contributed by atoms with van der Waals surface area (Å²) in [6, 6.07) is 20.8. The predicted octanol–water partition coefficient (Wildman–Crippen LogP) is 4.46. The molecule has 3 amide bonds. The van der Waals surface area contributed by atoms with Gasteiger partial charge in [0.15, 0.2) is 0 Å². The molecule has 0 spiro atoms. The number of aromatic nitrogens is 1. The fraction of sp³-hybridized carbons (Fsp3) is 0.233. The molecular formula is C30H25F3N4O3. The highest BCUT2D eigenvalue weighted by Crippen LogP contribution is 2.31. The number of halogens is 3. The molecule has 2 aliphatic heterocycles. The van der Waals surface area contributed by atoms with Gasteiger partial charge in [0.25, 0.3) is 11.8 Å². The van der Waals surface area contributed by atoms with Crippen molar-refractivity contribution in [1.82, 2.24) is 19.3 Å². The van der Waals surface area contributed by atoms with Gasteiger partial charge >= 0.3 is 6.18 Å². The van der Waals surface area contributed by atoms with E-state index >= 15 is 0 Å². The molecule has 0 bridgehead atoms. The van der Waals surface area contributed by atoms with Crippen molar-refractivity contribution in [3.8, 4) is 5.69 Å². The minimum absolute atomic E-state index is 0.0476. The molecule has 0 radical (unpaired) electrons. The van der Waals surface area contributed by atoms with Gasteiger partial charge in [0.05, 0.1) is 17.6 Å². The molecule has 4 aromatic rings. The number of piperazine rings is 1. The average Bonchev–Trinajstić information content (AvgIpc) is 3.35. The molecule has 7 nitrogen and oxygen atoms in total. The van der Waals surface area contributed by atoms with Crippen molar-refractivity contribution in [2.45, 2.75) is 12.2 Å². The number of hydrogen-bond acceptors (Lipinski definition) is 4. The summed E-state index contributed by atoms with van der Waals surface area (Å²) in [7, 11) is 0.